The monoisotopic (exact) mass is 286 g/mol. The van der Waals surface area contributed by atoms with E-state index in [1.165, 1.54) is 37.7 Å². The molecule has 0 saturated heterocycles. The van der Waals surface area contributed by atoms with Crippen molar-refractivity contribution in [3.05, 3.63) is 35.4 Å². The van der Waals surface area contributed by atoms with Gasteiger partial charge in [0.25, 0.3) is 5.91 Å². The van der Waals surface area contributed by atoms with E-state index >= 15 is 0 Å². The summed E-state index contributed by atoms with van der Waals surface area (Å²) in [6.45, 7) is 3.70. The van der Waals surface area contributed by atoms with E-state index in [1.54, 1.807) is 0 Å². The molecule has 114 valence electrons. The topological polar surface area (TPSA) is 41.5 Å². The van der Waals surface area contributed by atoms with Gasteiger partial charge in [0.2, 0.25) is 0 Å². The minimum Gasteiger partial charge on any atom is -0.351 e. The van der Waals surface area contributed by atoms with Crippen LogP contribution >= 0.6 is 0 Å². The maximum absolute atomic E-state index is 12.3. The Labute approximate surface area is 127 Å². The molecule has 0 bridgehead atoms. The molecule has 3 heteroatoms. The molecule has 1 heterocycles. The van der Waals surface area contributed by atoms with E-state index in [1.807, 2.05) is 18.2 Å². The van der Waals surface area contributed by atoms with Gasteiger partial charge in [-0.25, -0.2) is 0 Å². The second-order valence-electron chi connectivity index (χ2n) is 5.66. The van der Waals surface area contributed by atoms with E-state index in [2.05, 4.69) is 23.3 Å². The van der Waals surface area contributed by atoms with Crippen LogP contribution in [-0.2, 0) is 11.2 Å². The molecule has 0 aromatic heterocycles. The van der Waals surface area contributed by atoms with E-state index in [-0.39, 0.29) is 5.91 Å². The second kappa shape index (κ2) is 8.60. The lowest BCUT2D eigenvalue weighted by molar-refractivity contribution is -0.114. The van der Waals surface area contributed by atoms with Crippen LogP contribution in [0, 0.1) is 0 Å². The molecular formula is C18H26N2O. The molecule has 1 aromatic rings. The number of amides is 1. The Morgan fingerprint density at radius 2 is 1.90 bits per heavy atom. The van der Waals surface area contributed by atoms with Crippen LogP contribution in [0.3, 0.4) is 0 Å². The molecule has 1 N–H and O–H groups in total. The summed E-state index contributed by atoms with van der Waals surface area (Å²) in [6, 6.07) is 8.08. The predicted octanol–water partition coefficient (Wildman–Crippen LogP) is 3.51. The maximum Gasteiger partial charge on any atom is 0.270 e. The standard InChI is InChI=1S/C18H26N2O/c1-2-3-4-5-6-9-13-20-18(21)17-16-11-8-7-10-15(16)12-14-19-17/h7-8,10-11H,2-6,9,12-14H2,1H3,(H,20,21). The highest BCUT2D eigenvalue weighted by molar-refractivity contribution is 6.45. The molecule has 2 rings (SSSR count). The van der Waals surface area contributed by atoms with Crippen LogP contribution < -0.4 is 5.32 Å². The van der Waals surface area contributed by atoms with Crippen molar-refractivity contribution in [2.45, 2.75) is 51.9 Å². The number of unbranched alkanes of at least 4 members (excludes halogenated alkanes) is 5. The number of hydrogen-bond donors (Lipinski definition) is 1. The highest BCUT2D eigenvalue weighted by Gasteiger charge is 2.19. The van der Waals surface area contributed by atoms with Crippen LogP contribution in [0.2, 0.25) is 0 Å². The van der Waals surface area contributed by atoms with Crippen molar-refractivity contribution in [3.8, 4) is 0 Å². The molecule has 1 aliphatic rings. The molecule has 3 nitrogen and oxygen atoms in total. The number of rotatable bonds is 8. The van der Waals surface area contributed by atoms with E-state index in [4.69, 9.17) is 0 Å². The fourth-order valence-corrected chi connectivity index (χ4v) is 2.73. The first kappa shape index (κ1) is 15.7. The van der Waals surface area contributed by atoms with Crippen molar-refractivity contribution in [1.82, 2.24) is 5.32 Å². The summed E-state index contributed by atoms with van der Waals surface area (Å²) >= 11 is 0. The SMILES string of the molecule is CCCCCCCCNC(=O)C1=NCCc2ccccc21. The zero-order valence-corrected chi connectivity index (χ0v) is 13.0. The van der Waals surface area contributed by atoms with Gasteiger partial charge in [-0.15, -0.1) is 0 Å². The summed E-state index contributed by atoms with van der Waals surface area (Å²) in [5.74, 6) is -0.0179. The largest absolute Gasteiger partial charge is 0.351 e. The number of nitrogens with one attached hydrogen (secondary N) is 1. The normalized spacial score (nSPS) is 13.5. The molecule has 0 unspecified atom stereocenters. The average Bonchev–Trinajstić information content (AvgIpc) is 2.53. The van der Waals surface area contributed by atoms with Crippen molar-refractivity contribution in [1.29, 1.82) is 0 Å². The molecule has 0 saturated carbocycles. The Bertz CT molecular complexity index is 494. The summed E-state index contributed by atoms with van der Waals surface area (Å²) in [6.07, 6.45) is 8.37. The number of benzene rings is 1. The molecular weight excluding hydrogens is 260 g/mol. The van der Waals surface area contributed by atoms with Gasteiger partial charge in [-0.2, -0.15) is 0 Å². The molecule has 0 radical (unpaired) electrons. The minimum atomic E-state index is -0.0179. The van der Waals surface area contributed by atoms with Crippen LogP contribution in [-0.4, -0.2) is 24.7 Å². The third-order valence-electron chi connectivity index (χ3n) is 3.95. The van der Waals surface area contributed by atoms with E-state index in [0.717, 1.165) is 31.5 Å². The maximum atomic E-state index is 12.3. The third kappa shape index (κ3) is 4.69. The van der Waals surface area contributed by atoms with E-state index in [9.17, 15) is 4.79 Å². The number of hydrogen-bond acceptors (Lipinski definition) is 2. The summed E-state index contributed by atoms with van der Waals surface area (Å²) < 4.78 is 0. The fourth-order valence-electron chi connectivity index (χ4n) is 2.73. The van der Waals surface area contributed by atoms with Gasteiger partial charge in [0.05, 0.1) is 0 Å². The molecule has 1 aliphatic heterocycles. The lowest BCUT2D eigenvalue weighted by Gasteiger charge is -2.16. The Hall–Kier alpha value is -1.64. The molecule has 0 spiro atoms. The van der Waals surface area contributed by atoms with Gasteiger partial charge in [-0.05, 0) is 18.4 Å². The van der Waals surface area contributed by atoms with Crippen molar-refractivity contribution >= 4 is 11.6 Å². The molecule has 1 amide bonds. The van der Waals surface area contributed by atoms with Gasteiger partial charge >= 0.3 is 0 Å². The molecule has 21 heavy (non-hydrogen) atoms. The quantitative estimate of drug-likeness (QED) is 0.730. The number of carbonyl (C=O) groups excluding carboxylic acids is 1. The highest BCUT2D eigenvalue weighted by atomic mass is 16.1. The predicted molar refractivity (Wildman–Crippen MR) is 87.9 cm³/mol. The van der Waals surface area contributed by atoms with Gasteiger partial charge < -0.3 is 5.32 Å². The molecule has 0 aliphatic carbocycles. The van der Waals surface area contributed by atoms with Gasteiger partial charge in [0.1, 0.15) is 5.71 Å². The zero-order chi connectivity index (χ0) is 14.9. The van der Waals surface area contributed by atoms with Gasteiger partial charge in [0, 0.05) is 18.7 Å². The summed E-state index contributed by atoms with van der Waals surface area (Å²) in [5, 5.41) is 3.01. The second-order valence-corrected chi connectivity index (χ2v) is 5.66. The van der Waals surface area contributed by atoms with Crippen LogP contribution in [0.5, 0.6) is 0 Å². The highest BCUT2D eigenvalue weighted by Crippen LogP contribution is 2.15. The number of fused-ring (bicyclic) bond motifs is 1. The lowest BCUT2D eigenvalue weighted by Crippen LogP contribution is -2.34. The fraction of sp³-hybridized carbons (Fsp3) is 0.556. The van der Waals surface area contributed by atoms with Crippen LogP contribution in [0.4, 0.5) is 0 Å². The molecule has 0 fully saturated rings. The smallest absolute Gasteiger partial charge is 0.270 e. The Morgan fingerprint density at radius 3 is 2.76 bits per heavy atom. The lowest BCUT2D eigenvalue weighted by atomic mass is 9.97. The molecule has 1 aromatic carbocycles. The Kier molecular flexibility index (Phi) is 6.45. The van der Waals surface area contributed by atoms with Crippen molar-refractivity contribution in [3.63, 3.8) is 0 Å². The first-order chi connectivity index (χ1) is 10.3. The van der Waals surface area contributed by atoms with Crippen molar-refractivity contribution in [2.75, 3.05) is 13.1 Å². The first-order valence-corrected chi connectivity index (χ1v) is 8.24. The third-order valence-corrected chi connectivity index (χ3v) is 3.95. The number of nitrogens with zero attached hydrogens (tertiary/aromatic N) is 1. The van der Waals surface area contributed by atoms with Crippen LogP contribution in [0.1, 0.15) is 56.6 Å². The van der Waals surface area contributed by atoms with Crippen molar-refractivity contribution in [2.24, 2.45) is 4.99 Å². The van der Waals surface area contributed by atoms with Crippen LogP contribution in [0.15, 0.2) is 29.3 Å². The number of aliphatic imine (C=N–C) groups is 1. The summed E-state index contributed by atoms with van der Waals surface area (Å²) in [5.41, 5.74) is 2.85. The number of carbonyl (C=O) groups is 1. The van der Waals surface area contributed by atoms with E-state index in [0.29, 0.717) is 5.71 Å². The van der Waals surface area contributed by atoms with Gasteiger partial charge in [0.15, 0.2) is 0 Å². The first-order valence-electron chi connectivity index (χ1n) is 8.24. The zero-order valence-electron chi connectivity index (χ0n) is 13.0. The summed E-state index contributed by atoms with van der Waals surface area (Å²) in [7, 11) is 0. The van der Waals surface area contributed by atoms with E-state index < -0.39 is 0 Å². The van der Waals surface area contributed by atoms with Gasteiger partial charge in [-0.3, -0.25) is 9.79 Å². The summed E-state index contributed by atoms with van der Waals surface area (Å²) in [4.78, 5) is 16.7. The molecule has 0 atom stereocenters. The Balaban J connectivity index is 1.75. The van der Waals surface area contributed by atoms with Crippen molar-refractivity contribution < 1.29 is 4.79 Å². The minimum absolute atomic E-state index is 0.0179. The van der Waals surface area contributed by atoms with Gasteiger partial charge in [-0.1, -0.05) is 63.3 Å². The average molecular weight is 286 g/mol. The Morgan fingerprint density at radius 1 is 1.14 bits per heavy atom. The van der Waals surface area contributed by atoms with Crippen LogP contribution in [0.25, 0.3) is 0 Å².